The van der Waals surface area contributed by atoms with E-state index in [-0.39, 0.29) is 11.1 Å². The quantitative estimate of drug-likeness (QED) is 0.721. The number of amides is 1. The second-order valence-electron chi connectivity index (χ2n) is 6.28. The summed E-state index contributed by atoms with van der Waals surface area (Å²) in [6, 6.07) is 14.7. The van der Waals surface area contributed by atoms with Gasteiger partial charge in [0.05, 0.1) is 11.1 Å². The Labute approximate surface area is 151 Å². The standard InChI is InChI=1S/C19H14F3N3O2/c20-19(21,22)10-25-16(23-15-8-4-2-6-12(15)18(25)27)13-9-11-5-1-3-7-14(11)24-17(13)26/h1-9,16,23H,10H2,(H,24,26)/t16-/m1/s1. The zero-order valence-electron chi connectivity index (χ0n) is 13.9. The molecular formula is C19H14F3N3O2. The maximum absolute atomic E-state index is 13.1. The Balaban J connectivity index is 1.87. The fraction of sp³-hybridized carbons (Fsp3) is 0.158. The van der Waals surface area contributed by atoms with Crippen molar-refractivity contribution in [1.29, 1.82) is 0 Å². The summed E-state index contributed by atoms with van der Waals surface area (Å²) < 4.78 is 39.4. The molecule has 1 aliphatic heterocycles. The van der Waals surface area contributed by atoms with Crippen LogP contribution in [0, 0.1) is 0 Å². The number of carbonyl (C=O) groups is 1. The number of benzene rings is 2. The molecule has 0 saturated heterocycles. The van der Waals surface area contributed by atoms with E-state index in [1.165, 1.54) is 12.1 Å². The second kappa shape index (κ2) is 6.15. The van der Waals surface area contributed by atoms with E-state index >= 15 is 0 Å². The van der Waals surface area contributed by atoms with Crippen LogP contribution in [0.4, 0.5) is 18.9 Å². The molecule has 0 spiro atoms. The maximum atomic E-state index is 13.1. The van der Waals surface area contributed by atoms with Gasteiger partial charge in [-0.15, -0.1) is 0 Å². The Hall–Kier alpha value is -3.29. The fourth-order valence-corrected chi connectivity index (χ4v) is 3.26. The molecule has 4 rings (SSSR count). The van der Waals surface area contributed by atoms with Crippen molar-refractivity contribution in [2.24, 2.45) is 0 Å². The number of alkyl halides is 3. The molecule has 5 nitrogen and oxygen atoms in total. The normalized spacial score (nSPS) is 16.9. The van der Waals surface area contributed by atoms with Crippen LogP contribution in [0.2, 0.25) is 0 Å². The van der Waals surface area contributed by atoms with E-state index in [0.717, 1.165) is 0 Å². The lowest BCUT2D eigenvalue weighted by Crippen LogP contribution is -2.48. The zero-order chi connectivity index (χ0) is 19.2. The molecule has 2 heterocycles. The lowest BCUT2D eigenvalue weighted by molar-refractivity contribution is -0.144. The van der Waals surface area contributed by atoms with Gasteiger partial charge < -0.3 is 15.2 Å². The number of fused-ring (bicyclic) bond motifs is 2. The van der Waals surface area contributed by atoms with Gasteiger partial charge >= 0.3 is 6.18 Å². The van der Waals surface area contributed by atoms with Crippen molar-refractivity contribution in [3.8, 4) is 0 Å². The highest BCUT2D eigenvalue weighted by atomic mass is 19.4. The van der Waals surface area contributed by atoms with Crippen LogP contribution in [0.5, 0.6) is 0 Å². The number of para-hydroxylation sites is 2. The van der Waals surface area contributed by atoms with E-state index in [4.69, 9.17) is 0 Å². The average Bonchev–Trinajstić information content (AvgIpc) is 2.62. The molecule has 0 aliphatic carbocycles. The largest absolute Gasteiger partial charge is 0.406 e. The van der Waals surface area contributed by atoms with Gasteiger partial charge in [0, 0.05) is 11.2 Å². The smallest absolute Gasteiger partial charge is 0.361 e. The first-order valence-corrected chi connectivity index (χ1v) is 8.19. The number of anilines is 1. The number of H-pyrrole nitrogens is 1. The molecule has 2 aromatic carbocycles. The molecule has 138 valence electrons. The predicted molar refractivity (Wildman–Crippen MR) is 94.5 cm³/mol. The molecule has 0 radical (unpaired) electrons. The number of aromatic nitrogens is 1. The van der Waals surface area contributed by atoms with E-state index in [0.29, 0.717) is 21.5 Å². The van der Waals surface area contributed by atoms with Crippen LogP contribution in [-0.4, -0.2) is 28.5 Å². The molecule has 1 aromatic heterocycles. The van der Waals surface area contributed by atoms with Gasteiger partial charge in [-0.25, -0.2) is 0 Å². The van der Waals surface area contributed by atoms with Crippen molar-refractivity contribution in [2.45, 2.75) is 12.3 Å². The average molecular weight is 373 g/mol. The van der Waals surface area contributed by atoms with Crippen LogP contribution >= 0.6 is 0 Å². The number of nitrogens with zero attached hydrogens (tertiary/aromatic N) is 1. The fourth-order valence-electron chi connectivity index (χ4n) is 3.26. The van der Waals surface area contributed by atoms with E-state index in [9.17, 15) is 22.8 Å². The van der Waals surface area contributed by atoms with E-state index in [2.05, 4.69) is 10.3 Å². The van der Waals surface area contributed by atoms with Crippen LogP contribution in [0.3, 0.4) is 0 Å². The summed E-state index contributed by atoms with van der Waals surface area (Å²) in [5, 5.41) is 3.57. The summed E-state index contributed by atoms with van der Waals surface area (Å²) in [4.78, 5) is 28.6. The molecule has 1 aliphatic rings. The summed E-state index contributed by atoms with van der Waals surface area (Å²) in [6.07, 6.45) is -5.84. The molecule has 1 atom stereocenters. The van der Waals surface area contributed by atoms with Gasteiger partial charge in [-0.05, 0) is 29.7 Å². The first-order chi connectivity index (χ1) is 12.8. The van der Waals surface area contributed by atoms with Gasteiger partial charge in [0.25, 0.3) is 11.5 Å². The van der Waals surface area contributed by atoms with Crippen LogP contribution < -0.4 is 10.9 Å². The molecule has 0 fully saturated rings. The predicted octanol–water partition coefficient (Wildman–Crippen LogP) is 3.66. The molecule has 27 heavy (non-hydrogen) atoms. The van der Waals surface area contributed by atoms with Crippen molar-refractivity contribution in [1.82, 2.24) is 9.88 Å². The van der Waals surface area contributed by atoms with Gasteiger partial charge in [0.1, 0.15) is 12.7 Å². The topological polar surface area (TPSA) is 65.2 Å². The molecular weight excluding hydrogens is 359 g/mol. The van der Waals surface area contributed by atoms with Gasteiger partial charge in [-0.2, -0.15) is 13.2 Å². The number of aromatic amines is 1. The number of pyridine rings is 1. The monoisotopic (exact) mass is 373 g/mol. The third-order valence-electron chi connectivity index (χ3n) is 4.45. The van der Waals surface area contributed by atoms with Crippen molar-refractivity contribution < 1.29 is 18.0 Å². The third-order valence-corrected chi connectivity index (χ3v) is 4.45. The van der Waals surface area contributed by atoms with Crippen LogP contribution in [0.15, 0.2) is 59.4 Å². The van der Waals surface area contributed by atoms with Crippen molar-refractivity contribution in [2.75, 3.05) is 11.9 Å². The number of carbonyl (C=O) groups excluding carboxylic acids is 1. The molecule has 0 saturated carbocycles. The van der Waals surface area contributed by atoms with E-state index in [1.54, 1.807) is 42.5 Å². The maximum Gasteiger partial charge on any atom is 0.406 e. The molecule has 0 unspecified atom stereocenters. The van der Waals surface area contributed by atoms with Crippen molar-refractivity contribution in [3.63, 3.8) is 0 Å². The number of rotatable bonds is 2. The van der Waals surface area contributed by atoms with Crippen molar-refractivity contribution in [3.05, 3.63) is 76.1 Å². The summed E-state index contributed by atoms with van der Waals surface area (Å²) in [5.41, 5.74) is 0.580. The van der Waals surface area contributed by atoms with Crippen LogP contribution in [-0.2, 0) is 0 Å². The van der Waals surface area contributed by atoms with Gasteiger partial charge in [-0.3, -0.25) is 9.59 Å². The molecule has 0 bridgehead atoms. The van der Waals surface area contributed by atoms with Crippen LogP contribution in [0.1, 0.15) is 22.1 Å². The minimum absolute atomic E-state index is 0.0424. The third kappa shape index (κ3) is 3.14. The summed E-state index contributed by atoms with van der Waals surface area (Å²) in [6.45, 7) is -1.47. The van der Waals surface area contributed by atoms with Gasteiger partial charge in [0.2, 0.25) is 0 Å². The summed E-state index contributed by atoms with van der Waals surface area (Å²) in [7, 11) is 0. The highest BCUT2D eigenvalue weighted by molar-refractivity contribution is 6.01. The first-order valence-electron chi connectivity index (χ1n) is 8.19. The Morgan fingerprint density at radius 3 is 2.48 bits per heavy atom. The summed E-state index contributed by atoms with van der Waals surface area (Å²) >= 11 is 0. The molecule has 3 aromatic rings. The van der Waals surface area contributed by atoms with E-state index in [1.807, 2.05) is 0 Å². The van der Waals surface area contributed by atoms with Crippen LogP contribution in [0.25, 0.3) is 10.9 Å². The molecule has 8 heteroatoms. The lowest BCUT2D eigenvalue weighted by Gasteiger charge is -2.38. The molecule has 1 amide bonds. The highest BCUT2D eigenvalue weighted by Gasteiger charge is 2.41. The van der Waals surface area contributed by atoms with Gasteiger partial charge in [0.15, 0.2) is 0 Å². The first kappa shape index (κ1) is 17.1. The second-order valence-corrected chi connectivity index (χ2v) is 6.28. The molecule has 2 N–H and O–H groups in total. The van der Waals surface area contributed by atoms with E-state index < -0.39 is 30.4 Å². The minimum Gasteiger partial charge on any atom is -0.361 e. The zero-order valence-corrected chi connectivity index (χ0v) is 13.9. The lowest BCUT2D eigenvalue weighted by atomic mass is 10.0. The number of halogens is 3. The Morgan fingerprint density at radius 1 is 1.00 bits per heavy atom. The Kier molecular flexibility index (Phi) is 3.91. The highest BCUT2D eigenvalue weighted by Crippen LogP contribution is 2.34. The SMILES string of the molecule is O=C1c2ccccc2N[C@@H](c2cc3ccccc3[nH]c2=O)N1CC(F)(F)F. The minimum atomic E-state index is -4.61. The van der Waals surface area contributed by atoms with Crippen molar-refractivity contribution >= 4 is 22.5 Å². The number of hydrogen-bond donors (Lipinski definition) is 2. The Bertz CT molecular complexity index is 1090. The van der Waals surface area contributed by atoms with Gasteiger partial charge in [-0.1, -0.05) is 30.3 Å². The number of hydrogen-bond acceptors (Lipinski definition) is 3. The number of nitrogens with one attached hydrogen (secondary N) is 2. The Morgan fingerprint density at radius 2 is 1.70 bits per heavy atom. The summed E-state index contributed by atoms with van der Waals surface area (Å²) in [5.74, 6) is -0.778.